The van der Waals surface area contributed by atoms with Gasteiger partial charge in [0.1, 0.15) is 8.64 Å². The fourth-order valence-corrected chi connectivity index (χ4v) is 6.18. The Morgan fingerprint density at radius 2 is 1.00 bits per heavy atom. The van der Waals surface area contributed by atoms with E-state index in [4.69, 9.17) is 24.4 Å². The maximum absolute atomic E-state index is 13.1. The molecule has 6 amide bonds. The second-order valence-electron chi connectivity index (χ2n) is 8.28. The average molecular weight is 645 g/mol. The van der Waals surface area contributed by atoms with Gasteiger partial charge in [-0.2, -0.15) is 0 Å². The van der Waals surface area contributed by atoms with E-state index in [1.165, 1.54) is 58.9 Å². The monoisotopic (exact) mass is 644 g/mol. The SMILES string of the molecule is O=C(CCN1C(=O)/C(=C2\SC(=S)N(CCC(=O)NNC(=O)c3ccncc3)C2=O)SC1=S)NNC(=O)c1ccncc1. The Kier molecular flexibility index (Phi) is 10.3. The molecule has 14 nitrogen and oxygen atoms in total. The van der Waals surface area contributed by atoms with Gasteiger partial charge in [-0.1, -0.05) is 48.0 Å². The smallest absolute Gasteiger partial charge is 0.269 e. The van der Waals surface area contributed by atoms with Gasteiger partial charge in [0.25, 0.3) is 23.6 Å². The molecule has 0 spiro atoms. The Morgan fingerprint density at radius 3 is 1.36 bits per heavy atom. The van der Waals surface area contributed by atoms with Crippen LogP contribution in [0.5, 0.6) is 0 Å². The zero-order valence-corrected chi connectivity index (χ0v) is 24.6. The Bertz CT molecular complexity index is 1390. The molecule has 0 unspecified atom stereocenters. The minimum Gasteiger partial charge on any atom is -0.292 e. The van der Waals surface area contributed by atoms with E-state index < -0.39 is 35.4 Å². The standard InChI is InChI=1S/C24H20N8O6S4/c33-15(27-29-19(35)13-1-7-25-8-2-13)5-11-31-21(37)17(41-23(31)39)18-22(38)32(24(40)42-18)12-6-16(34)28-30-20(36)14-3-9-26-10-4-14/h1-4,7-10H,5-6,11-12H2,(H,27,33)(H,28,34)(H,29,35)(H,30,36)/b18-17+. The van der Waals surface area contributed by atoms with Crippen LogP contribution in [0.2, 0.25) is 0 Å². The van der Waals surface area contributed by atoms with E-state index in [1.807, 2.05) is 0 Å². The van der Waals surface area contributed by atoms with Crippen LogP contribution in [0.25, 0.3) is 0 Å². The minimum atomic E-state index is -0.562. The van der Waals surface area contributed by atoms with Gasteiger partial charge in [-0.05, 0) is 24.3 Å². The van der Waals surface area contributed by atoms with Crippen molar-refractivity contribution in [2.45, 2.75) is 12.8 Å². The molecule has 0 aliphatic carbocycles. The van der Waals surface area contributed by atoms with Crippen LogP contribution in [-0.4, -0.2) is 76.9 Å². The number of thioether (sulfide) groups is 2. The summed E-state index contributed by atoms with van der Waals surface area (Å²) < 4.78 is 0.302. The second-order valence-corrected chi connectivity index (χ2v) is 11.6. The van der Waals surface area contributed by atoms with Crippen LogP contribution >= 0.6 is 48.0 Å². The average Bonchev–Trinajstić information content (AvgIpc) is 3.45. The van der Waals surface area contributed by atoms with Crippen molar-refractivity contribution >= 4 is 92.0 Å². The Labute approximate surface area is 257 Å². The Hall–Kier alpha value is -4.26. The highest BCUT2D eigenvalue weighted by Gasteiger charge is 2.42. The first-order chi connectivity index (χ1) is 20.2. The number of rotatable bonds is 8. The number of carbonyl (C=O) groups is 6. The first-order valence-electron chi connectivity index (χ1n) is 12.0. The molecule has 0 saturated carbocycles. The van der Waals surface area contributed by atoms with Crippen LogP contribution in [0.3, 0.4) is 0 Å². The van der Waals surface area contributed by atoms with Crippen LogP contribution in [0.1, 0.15) is 33.6 Å². The van der Waals surface area contributed by atoms with Crippen LogP contribution < -0.4 is 21.7 Å². The molecule has 2 aromatic rings. The van der Waals surface area contributed by atoms with Gasteiger partial charge < -0.3 is 0 Å². The van der Waals surface area contributed by atoms with Crippen LogP contribution in [0.15, 0.2) is 58.9 Å². The molecule has 2 aliphatic heterocycles. The molecule has 4 rings (SSSR count). The predicted octanol–water partition coefficient (Wildman–Crippen LogP) is 0.411. The summed E-state index contributed by atoms with van der Waals surface area (Å²) >= 11 is 12.4. The van der Waals surface area contributed by atoms with Crippen molar-refractivity contribution in [3.8, 4) is 0 Å². The molecule has 2 fully saturated rings. The molecule has 0 atom stereocenters. The topological polar surface area (TPSA) is 183 Å². The number of aromatic nitrogens is 2. The highest BCUT2D eigenvalue weighted by Crippen LogP contribution is 2.42. The summed E-state index contributed by atoms with van der Waals surface area (Å²) in [6.45, 7) is -0.173. The first kappa shape index (κ1) is 30.7. The largest absolute Gasteiger partial charge is 0.292 e. The quantitative estimate of drug-likeness (QED) is 0.177. The van der Waals surface area contributed by atoms with Gasteiger partial charge >= 0.3 is 0 Å². The number of hydrogen-bond donors (Lipinski definition) is 4. The van der Waals surface area contributed by atoms with Crippen LogP contribution in [0, 0.1) is 0 Å². The van der Waals surface area contributed by atoms with Gasteiger partial charge in [0.15, 0.2) is 0 Å². The van der Waals surface area contributed by atoms with Gasteiger partial charge in [-0.15, -0.1) is 0 Å². The van der Waals surface area contributed by atoms with Crippen LogP contribution in [-0.2, 0) is 19.2 Å². The lowest BCUT2D eigenvalue weighted by molar-refractivity contribution is -0.126. The minimum absolute atomic E-state index is 0.0697. The maximum atomic E-state index is 13.1. The first-order valence-corrected chi connectivity index (χ1v) is 14.4. The normalized spacial score (nSPS) is 16.5. The Balaban J connectivity index is 1.27. The zero-order chi connectivity index (χ0) is 30.2. The van der Waals surface area contributed by atoms with Crippen molar-refractivity contribution in [3.05, 3.63) is 70.0 Å². The number of pyridine rings is 2. The number of nitrogens with one attached hydrogen (secondary N) is 4. The molecule has 4 N–H and O–H groups in total. The number of thiocarbonyl (C=S) groups is 2. The van der Waals surface area contributed by atoms with E-state index in [1.54, 1.807) is 0 Å². The third-order valence-electron chi connectivity index (χ3n) is 5.55. The lowest BCUT2D eigenvalue weighted by atomic mass is 10.2. The van der Waals surface area contributed by atoms with Gasteiger partial charge in [0, 0.05) is 61.8 Å². The molecular weight excluding hydrogens is 625 g/mol. The lowest BCUT2D eigenvalue weighted by Crippen LogP contribution is -2.43. The second kappa shape index (κ2) is 14.1. The number of hydrogen-bond acceptors (Lipinski definition) is 12. The molecule has 2 saturated heterocycles. The number of carbonyl (C=O) groups excluding carboxylic acids is 6. The third-order valence-corrected chi connectivity index (χ3v) is 8.57. The van der Waals surface area contributed by atoms with E-state index in [-0.39, 0.29) is 44.4 Å². The molecule has 0 bridgehead atoms. The van der Waals surface area contributed by atoms with Crippen molar-refractivity contribution in [3.63, 3.8) is 0 Å². The summed E-state index contributed by atoms with van der Waals surface area (Å²) in [7, 11) is 0. The number of nitrogens with zero attached hydrogens (tertiary/aromatic N) is 4. The molecule has 2 aromatic heterocycles. The van der Waals surface area contributed by atoms with Gasteiger partial charge in [0.05, 0.1) is 9.81 Å². The number of amides is 6. The zero-order valence-electron chi connectivity index (χ0n) is 21.3. The van der Waals surface area contributed by atoms with E-state index in [0.717, 1.165) is 23.5 Å². The molecule has 0 radical (unpaired) electrons. The Morgan fingerprint density at radius 1 is 0.643 bits per heavy atom. The van der Waals surface area contributed by atoms with Crippen molar-refractivity contribution in [1.82, 2.24) is 41.5 Å². The summed E-state index contributed by atoms with van der Waals surface area (Å²) in [6.07, 6.45) is 5.38. The summed E-state index contributed by atoms with van der Waals surface area (Å²) in [6, 6.07) is 5.90. The van der Waals surface area contributed by atoms with E-state index >= 15 is 0 Å². The van der Waals surface area contributed by atoms with Crippen LogP contribution in [0.4, 0.5) is 0 Å². The maximum Gasteiger partial charge on any atom is 0.269 e. The molecule has 4 heterocycles. The van der Waals surface area contributed by atoms with Crippen molar-refractivity contribution in [2.24, 2.45) is 0 Å². The summed E-state index contributed by atoms with van der Waals surface area (Å²) in [4.78, 5) is 84.8. The molecular formula is C24H20N8O6S4. The van der Waals surface area contributed by atoms with Crippen molar-refractivity contribution < 1.29 is 28.8 Å². The fourth-order valence-electron chi connectivity index (χ4n) is 3.41. The van der Waals surface area contributed by atoms with Gasteiger partial charge in [-0.3, -0.25) is 70.2 Å². The lowest BCUT2D eigenvalue weighted by Gasteiger charge is -2.15. The van der Waals surface area contributed by atoms with E-state index in [2.05, 4.69) is 31.7 Å². The summed E-state index contributed by atoms with van der Waals surface area (Å²) in [5, 5.41) is 0. The molecule has 42 heavy (non-hydrogen) atoms. The highest BCUT2D eigenvalue weighted by molar-refractivity contribution is 8.29. The van der Waals surface area contributed by atoms with Crippen molar-refractivity contribution in [1.29, 1.82) is 0 Å². The van der Waals surface area contributed by atoms with E-state index in [0.29, 0.717) is 11.1 Å². The van der Waals surface area contributed by atoms with Gasteiger partial charge in [0.2, 0.25) is 11.8 Å². The molecule has 18 heteroatoms. The van der Waals surface area contributed by atoms with Gasteiger partial charge in [-0.25, -0.2) is 0 Å². The predicted molar refractivity (Wildman–Crippen MR) is 160 cm³/mol. The molecule has 2 aliphatic rings. The third kappa shape index (κ3) is 7.52. The molecule has 0 aromatic carbocycles. The molecule has 216 valence electrons. The fraction of sp³-hybridized carbons (Fsp3) is 0.167. The van der Waals surface area contributed by atoms with E-state index in [9.17, 15) is 28.8 Å². The summed E-state index contributed by atoms with van der Waals surface area (Å²) in [5.41, 5.74) is 9.67. The highest BCUT2D eigenvalue weighted by atomic mass is 32.2. The summed E-state index contributed by atoms with van der Waals surface area (Å²) in [5.74, 6) is -3.32. The van der Waals surface area contributed by atoms with Crippen molar-refractivity contribution in [2.75, 3.05) is 13.1 Å². The number of hydrazine groups is 2.